The first-order valence-corrected chi connectivity index (χ1v) is 11.9. The predicted molar refractivity (Wildman–Crippen MR) is 127 cm³/mol. The van der Waals surface area contributed by atoms with Gasteiger partial charge in [-0.05, 0) is 45.3 Å². The van der Waals surface area contributed by atoms with Crippen LogP contribution in [0.2, 0.25) is 5.02 Å². The fourth-order valence-corrected chi connectivity index (χ4v) is 4.42. The number of hydrogen-bond donors (Lipinski definition) is 2. The van der Waals surface area contributed by atoms with Crippen LogP contribution in [-0.2, 0) is 25.8 Å². The van der Waals surface area contributed by atoms with Crippen molar-refractivity contribution < 1.29 is 13.2 Å². The molecular formula is C21H26ClF3N8S. The lowest BCUT2D eigenvalue weighted by atomic mass is 10.2. The molecule has 0 aromatic carbocycles. The van der Waals surface area contributed by atoms with Gasteiger partial charge in [0.1, 0.15) is 0 Å². The monoisotopic (exact) mass is 514 g/mol. The van der Waals surface area contributed by atoms with Crippen molar-refractivity contribution in [2.45, 2.75) is 64.8 Å². The number of anilines is 1. The molecule has 1 aliphatic carbocycles. The van der Waals surface area contributed by atoms with Gasteiger partial charge in [0.25, 0.3) is 0 Å². The molecule has 8 nitrogen and oxygen atoms in total. The van der Waals surface area contributed by atoms with E-state index in [0.717, 1.165) is 36.3 Å². The normalized spacial score (nSPS) is 13.9. The number of hydrogen-bond acceptors (Lipinski definition) is 4. The van der Waals surface area contributed by atoms with Gasteiger partial charge in [0, 0.05) is 43.0 Å². The second-order valence-corrected chi connectivity index (χ2v) is 9.06. The Morgan fingerprint density at radius 1 is 1.24 bits per heavy atom. The molecule has 0 radical (unpaired) electrons. The summed E-state index contributed by atoms with van der Waals surface area (Å²) < 4.78 is 44.7. The van der Waals surface area contributed by atoms with Crippen LogP contribution in [0.25, 0.3) is 0 Å². The fraction of sp³-hybridized carbons (Fsp3) is 0.524. The lowest BCUT2D eigenvalue weighted by Gasteiger charge is -2.10. The number of nitrogens with zero attached hydrogens (tertiary/aromatic N) is 6. The number of aryl methyl sites for hydroxylation is 2. The molecule has 0 aliphatic heterocycles. The van der Waals surface area contributed by atoms with E-state index in [0.29, 0.717) is 36.9 Å². The Kier molecular flexibility index (Phi) is 7.17. The van der Waals surface area contributed by atoms with Crippen LogP contribution in [0.4, 0.5) is 18.9 Å². The van der Waals surface area contributed by atoms with Gasteiger partial charge in [-0.1, -0.05) is 11.6 Å². The van der Waals surface area contributed by atoms with Crippen molar-refractivity contribution in [3.05, 3.63) is 46.3 Å². The molecular weight excluding hydrogens is 489 g/mol. The lowest BCUT2D eigenvalue weighted by molar-refractivity contribution is -0.141. The summed E-state index contributed by atoms with van der Waals surface area (Å²) in [6.07, 6.45) is 3.03. The largest absolute Gasteiger partial charge is 0.436 e. The van der Waals surface area contributed by atoms with Gasteiger partial charge in [-0.25, -0.2) is 0 Å². The van der Waals surface area contributed by atoms with Crippen LogP contribution in [0.15, 0.2) is 18.6 Å². The first-order valence-electron chi connectivity index (χ1n) is 11.1. The Hall–Kier alpha value is -2.60. The smallest absolute Gasteiger partial charge is 0.362 e. The van der Waals surface area contributed by atoms with Crippen molar-refractivity contribution in [1.29, 1.82) is 0 Å². The molecule has 0 unspecified atom stereocenters. The molecule has 1 saturated carbocycles. The first-order chi connectivity index (χ1) is 16.2. The van der Waals surface area contributed by atoms with Gasteiger partial charge in [-0.2, -0.15) is 28.5 Å². The number of rotatable bonds is 9. The third kappa shape index (κ3) is 5.54. The second-order valence-electron chi connectivity index (χ2n) is 8.28. The quantitative estimate of drug-likeness (QED) is 0.321. The van der Waals surface area contributed by atoms with Crippen LogP contribution >= 0.6 is 23.8 Å². The highest BCUT2D eigenvalue weighted by atomic mass is 35.5. The maximum atomic E-state index is 13.2. The van der Waals surface area contributed by atoms with E-state index in [1.54, 1.807) is 10.9 Å². The Bertz CT molecular complexity index is 1160. The van der Waals surface area contributed by atoms with Crippen molar-refractivity contribution in [3.63, 3.8) is 0 Å². The summed E-state index contributed by atoms with van der Waals surface area (Å²) in [7, 11) is 0. The molecule has 2 N–H and O–H groups in total. The van der Waals surface area contributed by atoms with E-state index in [1.807, 2.05) is 30.9 Å². The molecule has 3 aromatic heterocycles. The molecule has 0 saturated heterocycles. The van der Waals surface area contributed by atoms with E-state index in [4.69, 9.17) is 23.8 Å². The Morgan fingerprint density at radius 3 is 2.65 bits per heavy atom. The Labute approximate surface area is 205 Å². The molecule has 1 aliphatic rings. The van der Waals surface area contributed by atoms with Crippen LogP contribution < -0.4 is 10.6 Å². The molecule has 34 heavy (non-hydrogen) atoms. The summed E-state index contributed by atoms with van der Waals surface area (Å²) in [6.45, 7) is 6.28. The summed E-state index contributed by atoms with van der Waals surface area (Å²) in [5.41, 5.74) is 2.42. The standard InChI is InChI=1S/C21H26ClF3N8S/c1-3-32-13(2)15(9-28-32)11-31-12-16(10-27-31)29-20(34)26-7-4-8-33-18(14-5-6-14)17(22)19(30-33)21(23,24)25/h9-10,12,14H,3-8,11H2,1-2H3,(H2,26,29,34). The van der Waals surface area contributed by atoms with Gasteiger partial charge < -0.3 is 10.6 Å². The fourth-order valence-electron chi connectivity index (χ4n) is 3.81. The topological polar surface area (TPSA) is 77.5 Å². The molecule has 13 heteroatoms. The van der Waals surface area contributed by atoms with Crippen LogP contribution in [0, 0.1) is 6.92 Å². The molecule has 0 spiro atoms. The zero-order chi connectivity index (χ0) is 24.5. The van der Waals surface area contributed by atoms with E-state index in [9.17, 15) is 13.2 Å². The summed E-state index contributed by atoms with van der Waals surface area (Å²) in [5.74, 6) is 0.0587. The average Bonchev–Trinajstić information content (AvgIpc) is 3.27. The molecule has 0 bridgehead atoms. The van der Waals surface area contributed by atoms with Crippen LogP contribution in [0.1, 0.15) is 54.7 Å². The second kappa shape index (κ2) is 9.95. The molecule has 4 rings (SSSR count). The predicted octanol–water partition coefficient (Wildman–Crippen LogP) is 4.58. The van der Waals surface area contributed by atoms with Gasteiger partial charge in [-0.3, -0.25) is 14.0 Å². The van der Waals surface area contributed by atoms with Crippen LogP contribution in [0.3, 0.4) is 0 Å². The average molecular weight is 515 g/mol. The van der Waals surface area contributed by atoms with Crippen molar-refractivity contribution in [3.8, 4) is 0 Å². The number of alkyl halides is 3. The van der Waals surface area contributed by atoms with E-state index in [-0.39, 0.29) is 10.9 Å². The SMILES string of the molecule is CCn1ncc(Cn2cc(NC(=S)NCCCn3nc(C(F)(F)F)c(Cl)c3C3CC3)cn2)c1C. The van der Waals surface area contributed by atoms with Gasteiger partial charge >= 0.3 is 6.18 Å². The summed E-state index contributed by atoms with van der Waals surface area (Å²) in [6, 6.07) is 0. The van der Waals surface area contributed by atoms with E-state index < -0.39 is 11.9 Å². The molecule has 1 fully saturated rings. The van der Waals surface area contributed by atoms with Crippen molar-refractivity contribution >= 4 is 34.6 Å². The van der Waals surface area contributed by atoms with Gasteiger partial charge in [0.2, 0.25) is 0 Å². The van der Waals surface area contributed by atoms with Crippen LogP contribution in [0.5, 0.6) is 0 Å². The van der Waals surface area contributed by atoms with E-state index in [2.05, 4.69) is 25.9 Å². The van der Waals surface area contributed by atoms with Gasteiger partial charge in [-0.15, -0.1) is 0 Å². The third-order valence-electron chi connectivity index (χ3n) is 5.72. The Balaban J connectivity index is 1.26. The third-order valence-corrected chi connectivity index (χ3v) is 6.34. The van der Waals surface area contributed by atoms with Crippen molar-refractivity contribution in [2.75, 3.05) is 11.9 Å². The minimum atomic E-state index is -4.56. The minimum Gasteiger partial charge on any atom is -0.362 e. The minimum absolute atomic E-state index is 0.0587. The molecule has 3 heterocycles. The van der Waals surface area contributed by atoms with E-state index in [1.165, 1.54) is 4.68 Å². The van der Waals surface area contributed by atoms with Crippen molar-refractivity contribution in [2.24, 2.45) is 0 Å². The number of nitrogens with one attached hydrogen (secondary N) is 2. The zero-order valence-electron chi connectivity index (χ0n) is 18.9. The lowest BCUT2D eigenvalue weighted by Crippen LogP contribution is -2.29. The summed E-state index contributed by atoms with van der Waals surface area (Å²) >= 11 is 11.3. The summed E-state index contributed by atoms with van der Waals surface area (Å²) in [4.78, 5) is 0. The number of thiocarbonyl (C=S) groups is 1. The maximum Gasteiger partial charge on any atom is 0.436 e. The first kappa shape index (κ1) is 24.5. The highest BCUT2D eigenvalue weighted by molar-refractivity contribution is 7.80. The molecule has 0 atom stereocenters. The molecule has 0 amide bonds. The molecule has 184 valence electrons. The highest BCUT2D eigenvalue weighted by Gasteiger charge is 2.41. The summed E-state index contributed by atoms with van der Waals surface area (Å²) in [5, 5.41) is 18.7. The number of halogens is 4. The Morgan fingerprint density at radius 2 is 2.00 bits per heavy atom. The van der Waals surface area contributed by atoms with Gasteiger partial charge in [0.15, 0.2) is 10.8 Å². The molecule has 3 aromatic rings. The van der Waals surface area contributed by atoms with Crippen molar-refractivity contribution in [1.82, 2.24) is 34.7 Å². The number of aromatic nitrogens is 6. The van der Waals surface area contributed by atoms with E-state index >= 15 is 0 Å². The van der Waals surface area contributed by atoms with Gasteiger partial charge in [0.05, 0.1) is 35.3 Å². The highest BCUT2D eigenvalue weighted by Crippen LogP contribution is 2.46. The maximum absolute atomic E-state index is 13.2. The van der Waals surface area contributed by atoms with Crippen LogP contribution in [-0.4, -0.2) is 41.0 Å². The zero-order valence-corrected chi connectivity index (χ0v) is 20.4.